The summed E-state index contributed by atoms with van der Waals surface area (Å²) in [5.41, 5.74) is 25.3. The highest BCUT2D eigenvalue weighted by Gasteiger charge is 2.13. The third-order valence-corrected chi connectivity index (χ3v) is 3.48. The van der Waals surface area contributed by atoms with Crippen molar-refractivity contribution in [2.45, 2.75) is 50.2 Å². The van der Waals surface area contributed by atoms with Gasteiger partial charge in [0, 0.05) is 25.5 Å². The molecule has 0 radical (unpaired) electrons. The number of hydrogen-bond donors (Lipinski definition) is 11. The van der Waals surface area contributed by atoms with Gasteiger partial charge in [0.2, 0.25) is 5.91 Å². The molecule has 1 heterocycles. The quantitative estimate of drug-likeness (QED) is 0.125. The molecule has 0 saturated heterocycles. The Morgan fingerprint density at radius 2 is 1.19 bits per heavy atom. The topological polar surface area (TPSA) is 362 Å². The molecule has 1 aromatic rings. The van der Waals surface area contributed by atoms with Crippen molar-refractivity contribution >= 4 is 35.8 Å². The second kappa shape index (κ2) is 21.4. The smallest absolute Gasteiger partial charge is 0.320 e. The van der Waals surface area contributed by atoms with E-state index in [9.17, 15) is 28.8 Å². The number of carbonyl (C=O) groups excluding carboxylic acids is 1. The minimum Gasteiger partial charge on any atom is -0.481 e. The van der Waals surface area contributed by atoms with Crippen molar-refractivity contribution in [3.63, 3.8) is 0 Å². The lowest BCUT2D eigenvalue weighted by Gasteiger charge is -2.01. The Morgan fingerprint density at radius 1 is 0.778 bits per heavy atom. The lowest BCUT2D eigenvalue weighted by atomic mass is 10.2. The average molecular weight is 524 g/mol. The van der Waals surface area contributed by atoms with E-state index in [1.807, 2.05) is 0 Å². The molecule has 0 spiro atoms. The van der Waals surface area contributed by atoms with Crippen LogP contribution in [0.15, 0.2) is 12.5 Å². The van der Waals surface area contributed by atoms with Crippen molar-refractivity contribution in [1.82, 2.24) is 9.97 Å². The van der Waals surface area contributed by atoms with E-state index in [-0.39, 0.29) is 38.6 Å². The van der Waals surface area contributed by atoms with E-state index in [1.165, 1.54) is 6.33 Å². The van der Waals surface area contributed by atoms with E-state index in [1.54, 1.807) is 6.20 Å². The molecule has 0 aromatic carbocycles. The molecule has 0 aliphatic carbocycles. The van der Waals surface area contributed by atoms with E-state index < -0.39 is 53.9 Å². The van der Waals surface area contributed by atoms with Crippen molar-refractivity contribution in [2.24, 2.45) is 28.7 Å². The molecule has 18 nitrogen and oxygen atoms in total. The third-order valence-electron chi connectivity index (χ3n) is 3.48. The number of aromatic nitrogens is 2. The van der Waals surface area contributed by atoms with Crippen LogP contribution in [-0.2, 0) is 35.2 Å². The molecule has 36 heavy (non-hydrogen) atoms. The lowest BCUT2D eigenvalue weighted by molar-refractivity contribution is -0.141. The van der Waals surface area contributed by atoms with Gasteiger partial charge in [-0.05, 0) is 12.8 Å². The fraction of sp³-hybridized carbons (Fsp3) is 0.500. The Morgan fingerprint density at radius 3 is 1.47 bits per heavy atom. The number of aromatic amines is 1. The normalized spacial score (nSPS) is 11.9. The molecule has 0 saturated carbocycles. The zero-order valence-electron chi connectivity index (χ0n) is 19.1. The van der Waals surface area contributed by atoms with Crippen LogP contribution in [0.4, 0.5) is 0 Å². The van der Waals surface area contributed by atoms with Gasteiger partial charge in [0.05, 0.1) is 18.6 Å². The van der Waals surface area contributed by atoms with Crippen molar-refractivity contribution in [2.75, 3.05) is 6.54 Å². The minimum absolute atomic E-state index is 0.0213. The van der Waals surface area contributed by atoms with Crippen LogP contribution in [-0.4, -0.2) is 95.9 Å². The maximum atomic E-state index is 10.3. The summed E-state index contributed by atoms with van der Waals surface area (Å²) < 4.78 is 0. The highest BCUT2D eigenvalue weighted by molar-refractivity contribution is 5.77. The maximum absolute atomic E-state index is 10.3. The number of carboxylic acids is 5. The van der Waals surface area contributed by atoms with Gasteiger partial charge < -0.3 is 59.2 Å². The number of nitrogens with two attached hydrogens (primary N) is 5. The third kappa shape index (κ3) is 26.1. The Bertz CT molecular complexity index is 784. The van der Waals surface area contributed by atoms with Crippen LogP contribution in [0.2, 0.25) is 0 Å². The molecule has 1 amide bonds. The summed E-state index contributed by atoms with van der Waals surface area (Å²) in [6, 6.07) is -2.90. The average Bonchev–Trinajstić information content (AvgIpc) is 3.29. The summed E-state index contributed by atoms with van der Waals surface area (Å²) in [6.45, 7) is -0.278. The Balaban J connectivity index is -0.000000416. The van der Waals surface area contributed by atoms with Gasteiger partial charge >= 0.3 is 29.8 Å². The van der Waals surface area contributed by atoms with Crippen molar-refractivity contribution in [3.05, 3.63) is 18.2 Å². The van der Waals surface area contributed by atoms with Crippen molar-refractivity contribution in [3.8, 4) is 0 Å². The van der Waals surface area contributed by atoms with E-state index >= 15 is 0 Å². The monoisotopic (exact) mass is 523 g/mol. The summed E-state index contributed by atoms with van der Waals surface area (Å²) in [5, 5.41) is 40.5. The second-order valence-corrected chi connectivity index (χ2v) is 6.63. The van der Waals surface area contributed by atoms with E-state index in [0.29, 0.717) is 5.69 Å². The number of imidazole rings is 1. The number of rotatable bonds is 12. The Labute approximate surface area is 204 Å². The van der Waals surface area contributed by atoms with Gasteiger partial charge in [-0.2, -0.15) is 0 Å². The molecule has 0 aliphatic heterocycles. The largest absolute Gasteiger partial charge is 0.481 e. The van der Waals surface area contributed by atoms with Gasteiger partial charge in [-0.1, -0.05) is 0 Å². The molecule has 1 aromatic heterocycles. The number of aliphatic carboxylic acids is 5. The highest BCUT2D eigenvalue weighted by atomic mass is 16.4. The van der Waals surface area contributed by atoms with Crippen LogP contribution in [0.5, 0.6) is 0 Å². The van der Waals surface area contributed by atoms with Crippen LogP contribution in [0.3, 0.4) is 0 Å². The number of carboxylic acid groups (broad SMARTS) is 5. The number of hydrogen-bond acceptors (Lipinski definition) is 11. The Kier molecular flexibility index (Phi) is 21.7. The van der Waals surface area contributed by atoms with Crippen molar-refractivity contribution < 1.29 is 54.3 Å². The first-order valence-electron chi connectivity index (χ1n) is 9.89. The van der Waals surface area contributed by atoms with Gasteiger partial charge in [0.15, 0.2) is 0 Å². The van der Waals surface area contributed by atoms with Gasteiger partial charge in [-0.25, -0.2) is 4.98 Å². The van der Waals surface area contributed by atoms with Crippen molar-refractivity contribution in [1.29, 1.82) is 0 Å². The van der Waals surface area contributed by atoms with Crippen LogP contribution < -0.4 is 28.7 Å². The molecular formula is C18H33N7O11. The predicted octanol–water partition coefficient (Wildman–Crippen LogP) is -3.68. The molecule has 3 atom stereocenters. The van der Waals surface area contributed by atoms with Gasteiger partial charge in [-0.15, -0.1) is 0 Å². The highest BCUT2D eigenvalue weighted by Crippen LogP contribution is 1.95. The number of carbonyl (C=O) groups is 6. The van der Waals surface area contributed by atoms with E-state index in [2.05, 4.69) is 15.7 Å². The maximum Gasteiger partial charge on any atom is 0.320 e. The molecule has 18 heteroatoms. The fourth-order valence-corrected chi connectivity index (χ4v) is 1.54. The van der Waals surface area contributed by atoms with Crippen LogP contribution in [0.1, 0.15) is 31.4 Å². The number of H-pyrrole nitrogens is 1. The molecule has 0 aliphatic rings. The standard InChI is InChI=1S/C6H9N3O2.C5H10N2O3.C5H9NO4.C2H5NO2/c7-5(6(10)11)1-4-2-8-3-9-4;2*6-3(5(9)10)1-2-4(7)8;3-1-2(4)5/h2-3,5H,1,7H2,(H,8,9)(H,10,11);3H,1-2,6H2,(H2,7,8)(H,9,10);3H,1-2,6H2,(H,7,8)(H,9,10);1,3H2,(H,4,5). The SMILES string of the molecule is NC(=O)CCC(N)C(=O)O.NC(CCC(=O)O)C(=O)O.NC(Cc1c[nH]cn1)C(=O)O.NCC(=O)O. The van der Waals surface area contributed by atoms with Crippen LogP contribution in [0, 0.1) is 0 Å². The van der Waals surface area contributed by atoms with E-state index in [4.69, 9.17) is 48.5 Å². The molecule has 206 valence electrons. The summed E-state index contributed by atoms with van der Waals surface area (Å²) in [5.74, 6) is -5.81. The summed E-state index contributed by atoms with van der Waals surface area (Å²) in [7, 11) is 0. The number of primary amides is 1. The summed E-state index contributed by atoms with van der Waals surface area (Å²) >= 11 is 0. The number of nitrogens with one attached hydrogen (secondary N) is 1. The molecule has 0 fully saturated rings. The van der Waals surface area contributed by atoms with Crippen LogP contribution >= 0.6 is 0 Å². The fourth-order valence-electron chi connectivity index (χ4n) is 1.54. The van der Waals surface area contributed by atoms with Crippen LogP contribution in [0.25, 0.3) is 0 Å². The number of nitrogens with zero attached hydrogens (tertiary/aromatic N) is 1. The summed E-state index contributed by atoms with van der Waals surface area (Å²) in [4.78, 5) is 66.1. The van der Waals surface area contributed by atoms with Gasteiger partial charge in [0.25, 0.3) is 0 Å². The summed E-state index contributed by atoms with van der Waals surface area (Å²) in [6.07, 6.45) is 3.28. The van der Waals surface area contributed by atoms with Gasteiger partial charge in [-0.3, -0.25) is 28.8 Å². The number of amides is 1. The minimum atomic E-state index is -1.17. The van der Waals surface area contributed by atoms with E-state index in [0.717, 1.165) is 0 Å². The Hall–Kier alpha value is -4.13. The first-order chi connectivity index (χ1) is 16.5. The van der Waals surface area contributed by atoms with Gasteiger partial charge in [0.1, 0.15) is 18.1 Å². The molecule has 3 unspecified atom stereocenters. The second-order valence-electron chi connectivity index (χ2n) is 6.63. The lowest BCUT2D eigenvalue weighted by Crippen LogP contribution is -2.32. The molecule has 1 rings (SSSR count). The first-order valence-corrected chi connectivity index (χ1v) is 9.89. The zero-order valence-corrected chi connectivity index (χ0v) is 19.1. The molecule has 16 N–H and O–H groups in total. The zero-order chi connectivity index (χ0) is 28.8. The molecular weight excluding hydrogens is 490 g/mol. The first kappa shape index (κ1) is 36.4. The molecule has 0 bridgehead atoms. The predicted molar refractivity (Wildman–Crippen MR) is 121 cm³/mol.